The Kier molecular flexibility index (Phi) is 7.41. The van der Waals surface area contributed by atoms with Gasteiger partial charge in [-0.1, -0.05) is 37.3 Å². The van der Waals surface area contributed by atoms with Crippen molar-refractivity contribution in [2.75, 3.05) is 36.1 Å². The van der Waals surface area contributed by atoms with Gasteiger partial charge in [0.05, 0.1) is 44.0 Å². The first-order valence-corrected chi connectivity index (χ1v) is 17.8. The Morgan fingerprint density at radius 1 is 1.12 bits per heavy atom. The second kappa shape index (κ2) is 10.8. The number of fused-ring (bicyclic) bond motifs is 2. The Bertz CT molecular complexity index is 1400. The molecule has 0 radical (unpaired) electrons. The second-order valence-corrected chi connectivity index (χ2v) is 16.4. The van der Waals surface area contributed by atoms with E-state index in [4.69, 9.17) is 9.47 Å². The Labute approximate surface area is 246 Å². The smallest absolute Gasteiger partial charge is 0.414 e. The molecule has 2 aromatic rings. The lowest BCUT2D eigenvalue weighted by atomic mass is 9.82. The predicted molar refractivity (Wildman–Crippen MR) is 158 cm³/mol. The molecule has 6 rings (SSSR count). The van der Waals surface area contributed by atoms with Gasteiger partial charge in [0.25, 0.3) is 5.91 Å². The predicted octanol–water partition coefficient (Wildman–Crippen LogP) is 3.36. The molecule has 1 spiro atoms. The van der Waals surface area contributed by atoms with Crippen LogP contribution in [0.15, 0.2) is 48.5 Å². The second-order valence-electron chi connectivity index (χ2n) is 12.5. The molecule has 224 valence electrons. The van der Waals surface area contributed by atoms with Crippen LogP contribution in [0.3, 0.4) is 0 Å². The Balaban J connectivity index is 1.33. The molecule has 4 heterocycles. The first-order chi connectivity index (χ1) is 20.1. The van der Waals surface area contributed by atoms with Crippen LogP contribution < -0.4 is 9.80 Å². The standard InChI is InChI=1S/C31H39N3O7Si/c1-20-28(42(2,3)39)26(17-27(36)32-13-7-10-23(32)19-35)41-31(20)24-11-4-5-12-25(24)34(29(31)37)18-21-8-6-9-22(16-21)33-14-15-40-30(33)38/h4-6,8-9,11-12,16,20,23,26,28,35,39H,7,10,13-15,17-19H2,1-3H3/t20-,23+,26+,28-,31+/m1/s1. The zero-order valence-corrected chi connectivity index (χ0v) is 25.4. The zero-order valence-electron chi connectivity index (χ0n) is 24.4. The number of aliphatic hydroxyl groups excluding tert-OH is 1. The molecule has 2 aromatic carbocycles. The monoisotopic (exact) mass is 593 g/mol. The van der Waals surface area contributed by atoms with Gasteiger partial charge < -0.3 is 29.2 Å². The number of amides is 3. The van der Waals surface area contributed by atoms with Crippen LogP contribution in [0.25, 0.3) is 0 Å². The van der Waals surface area contributed by atoms with E-state index in [2.05, 4.69) is 0 Å². The highest BCUT2D eigenvalue weighted by Gasteiger charge is 2.66. The number of rotatable bonds is 7. The number of benzene rings is 2. The van der Waals surface area contributed by atoms with E-state index in [1.165, 1.54) is 0 Å². The summed E-state index contributed by atoms with van der Waals surface area (Å²) in [5, 5.41) is 9.79. The van der Waals surface area contributed by atoms with E-state index in [0.29, 0.717) is 25.4 Å². The zero-order chi connectivity index (χ0) is 29.8. The summed E-state index contributed by atoms with van der Waals surface area (Å²) in [6, 6.07) is 14.9. The Morgan fingerprint density at radius 3 is 2.62 bits per heavy atom. The van der Waals surface area contributed by atoms with Crippen LogP contribution in [0.2, 0.25) is 18.6 Å². The first kappa shape index (κ1) is 28.8. The molecule has 11 heteroatoms. The molecule has 0 unspecified atom stereocenters. The van der Waals surface area contributed by atoms with E-state index in [0.717, 1.165) is 29.7 Å². The molecule has 0 aromatic heterocycles. The van der Waals surface area contributed by atoms with Crippen molar-refractivity contribution in [3.8, 4) is 0 Å². The number of nitrogens with zero attached hydrogens (tertiary/aromatic N) is 3. The van der Waals surface area contributed by atoms with E-state index >= 15 is 0 Å². The number of hydrogen-bond donors (Lipinski definition) is 2. The van der Waals surface area contributed by atoms with Gasteiger partial charge in [-0.3, -0.25) is 14.5 Å². The third-order valence-corrected chi connectivity index (χ3v) is 12.0. The van der Waals surface area contributed by atoms with Crippen molar-refractivity contribution in [3.63, 3.8) is 0 Å². The highest BCUT2D eigenvalue weighted by Crippen LogP contribution is 2.59. The molecule has 0 bridgehead atoms. The summed E-state index contributed by atoms with van der Waals surface area (Å²) in [7, 11) is -2.92. The summed E-state index contributed by atoms with van der Waals surface area (Å²) in [6.07, 6.45) is 0.629. The first-order valence-electron chi connectivity index (χ1n) is 14.8. The number of hydrogen-bond acceptors (Lipinski definition) is 7. The summed E-state index contributed by atoms with van der Waals surface area (Å²) < 4.78 is 11.9. The highest BCUT2D eigenvalue weighted by molar-refractivity contribution is 6.71. The molecule has 0 aliphatic carbocycles. The fourth-order valence-electron chi connectivity index (χ4n) is 7.67. The molecular formula is C31H39N3O7Si. The maximum absolute atomic E-state index is 14.6. The van der Waals surface area contributed by atoms with Crippen LogP contribution in [-0.4, -0.2) is 79.5 Å². The van der Waals surface area contributed by atoms with Gasteiger partial charge in [-0.2, -0.15) is 0 Å². The average Bonchev–Trinajstić information content (AvgIpc) is 3.72. The summed E-state index contributed by atoms with van der Waals surface area (Å²) >= 11 is 0. The number of para-hydroxylation sites is 1. The van der Waals surface area contributed by atoms with E-state index in [9.17, 15) is 24.3 Å². The molecule has 0 saturated carbocycles. The summed E-state index contributed by atoms with van der Waals surface area (Å²) in [5.41, 5.74) is 1.35. The van der Waals surface area contributed by atoms with Gasteiger partial charge in [-0.25, -0.2) is 4.79 Å². The van der Waals surface area contributed by atoms with Gasteiger partial charge in [0.15, 0.2) is 13.9 Å². The largest absolute Gasteiger partial charge is 0.447 e. The van der Waals surface area contributed by atoms with Gasteiger partial charge in [0.1, 0.15) is 6.61 Å². The summed E-state index contributed by atoms with van der Waals surface area (Å²) in [6.45, 7) is 7.24. The number of likely N-dealkylation sites (tertiary alicyclic amines) is 1. The lowest BCUT2D eigenvalue weighted by molar-refractivity contribution is -0.150. The highest BCUT2D eigenvalue weighted by atomic mass is 28.4. The van der Waals surface area contributed by atoms with Gasteiger partial charge >= 0.3 is 6.09 Å². The summed E-state index contributed by atoms with van der Waals surface area (Å²) in [4.78, 5) is 56.7. The van der Waals surface area contributed by atoms with E-state index in [-0.39, 0.29) is 55.0 Å². The van der Waals surface area contributed by atoms with Crippen molar-refractivity contribution in [2.45, 2.75) is 69.1 Å². The van der Waals surface area contributed by atoms with Crippen LogP contribution in [0.4, 0.5) is 16.2 Å². The quantitative estimate of drug-likeness (QED) is 0.473. The van der Waals surface area contributed by atoms with Crippen molar-refractivity contribution < 1.29 is 33.8 Å². The molecule has 3 fully saturated rings. The van der Waals surface area contributed by atoms with E-state index < -0.39 is 20.0 Å². The third-order valence-electron chi connectivity index (χ3n) is 9.50. The topological polar surface area (TPSA) is 120 Å². The maximum atomic E-state index is 14.6. The lowest BCUT2D eigenvalue weighted by Gasteiger charge is -2.32. The van der Waals surface area contributed by atoms with Crippen molar-refractivity contribution in [3.05, 3.63) is 59.7 Å². The molecular weight excluding hydrogens is 554 g/mol. The number of anilines is 2. The molecule has 2 N–H and O–H groups in total. The van der Waals surface area contributed by atoms with E-state index in [1.54, 1.807) is 14.7 Å². The fraction of sp³-hybridized carbons (Fsp3) is 0.516. The van der Waals surface area contributed by atoms with Gasteiger partial charge in [0, 0.05) is 29.3 Å². The minimum atomic E-state index is -2.92. The minimum Gasteiger partial charge on any atom is -0.447 e. The molecule has 3 saturated heterocycles. The maximum Gasteiger partial charge on any atom is 0.414 e. The number of carbonyl (C=O) groups excluding carboxylic acids is 3. The number of ether oxygens (including phenoxy) is 2. The normalized spacial score (nSPS) is 29.1. The van der Waals surface area contributed by atoms with Crippen LogP contribution in [0, 0.1) is 5.92 Å². The minimum absolute atomic E-state index is 0.0493. The van der Waals surface area contributed by atoms with Crippen molar-refractivity contribution in [2.24, 2.45) is 5.92 Å². The van der Waals surface area contributed by atoms with Crippen LogP contribution >= 0.6 is 0 Å². The van der Waals surface area contributed by atoms with Crippen molar-refractivity contribution >= 4 is 37.6 Å². The average molecular weight is 594 g/mol. The van der Waals surface area contributed by atoms with Gasteiger partial charge in [-0.15, -0.1) is 0 Å². The molecule has 42 heavy (non-hydrogen) atoms. The Morgan fingerprint density at radius 2 is 1.90 bits per heavy atom. The molecule has 4 aliphatic heterocycles. The Hall–Kier alpha value is -3.25. The van der Waals surface area contributed by atoms with Crippen LogP contribution in [-0.2, 0) is 31.2 Å². The molecule has 10 nitrogen and oxygen atoms in total. The molecule has 5 atom stereocenters. The van der Waals surface area contributed by atoms with Gasteiger partial charge in [-0.05, 0) is 49.7 Å². The number of cyclic esters (lactones) is 1. The van der Waals surface area contributed by atoms with Crippen molar-refractivity contribution in [1.82, 2.24) is 4.90 Å². The SMILES string of the molecule is C[C@@H]1[C@@H]([Si](C)(C)O)[C@H](CC(=O)N2CCC[C@H]2CO)O[C@@]12C(=O)N(Cc1cccc(N3CCOC3=O)c1)c1ccccc12. The van der Waals surface area contributed by atoms with E-state index in [1.807, 2.05) is 68.5 Å². The van der Waals surface area contributed by atoms with Gasteiger partial charge in [0.2, 0.25) is 5.91 Å². The van der Waals surface area contributed by atoms with Crippen LogP contribution in [0.1, 0.15) is 37.3 Å². The third kappa shape index (κ3) is 4.63. The van der Waals surface area contributed by atoms with Crippen molar-refractivity contribution in [1.29, 1.82) is 0 Å². The molecule has 4 aliphatic rings. The number of aliphatic hydroxyl groups is 1. The fourth-order valence-corrected chi connectivity index (χ4v) is 10.2. The molecule has 3 amide bonds. The van der Waals surface area contributed by atoms with Crippen LogP contribution in [0.5, 0.6) is 0 Å². The number of carbonyl (C=O) groups is 3. The summed E-state index contributed by atoms with van der Waals surface area (Å²) in [5.74, 6) is -0.703. The lowest BCUT2D eigenvalue weighted by Crippen LogP contribution is -2.46.